The molecule has 50 heavy (non-hydrogen) atoms. The maximum absolute atomic E-state index is 2.51. The van der Waals surface area contributed by atoms with Gasteiger partial charge in [0, 0.05) is 44.7 Å². The molecule has 6 aromatic carbocycles. The molecule has 0 saturated carbocycles. The molecule has 0 N–H and O–H groups in total. The fraction of sp³-hybridized carbons (Fsp3) is 0.0833. The molecule has 0 unspecified atom stereocenters. The van der Waals surface area contributed by atoms with E-state index in [4.69, 9.17) is 0 Å². The summed E-state index contributed by atoms with van der Waals surface area (Å²) in [6.45, 7) is 0. The van der Waals surface area contributed by atoms with Crippen LogP contribution in [0.25, 0.3) is 67.6 Å². The quantitative estimate of drug-likeness (QED) is 0.177. The van der Waals surface area contributed by atoms with Crippen LogP contribution in [0.15, 0.2) is 169 Å². The van der Waals surface area contributed by atoms with E-state index in [2.05, 4.69) is 179 Å². The second-order valence-corrected chi connectivity index (χ2v) is 13.6. The first-order valence-corrected chi connectivity index (χ1v) is 17.8. The minimum Gasteiger partial charge on any atom is -0.313 e. The Morgan fingerprint density at radius 2 is 0.800 bits per heavy atom. The third-order valence-electron chi connectivity index (χ3n) is 10.8. The number of hydrogen-bond acceptors (Lipinski definition) is 0. The minimum atomic E-state index is 1.02. The van der Waals surface area contributed by atoms with Gasteiger partial charge in [0.15, 0.2) is 0 Å². The zero-order valence-corrected chi connectivity index (χ0v) is 27.9. The predicted octanol–water partition coefficient (Wildman–Crippen LogP) is 12.3. The van der Waals surface area contributed by atoms with Gasteiger partial charge in [-0.05, 0) is 108 Å². The van der Waals surface area contributed by atoms with Crippen molar-refractivity contribution in [2.75, 3.05) is 0 Å². The molecule has 0 atom stereocenters. The van der Waals surface area contributed by atoms with Crippen molar-refractivity contribution in [1.82, 2.24) is 9.13 Å². The molecule has 0 aliphatic heterocycles. The van der Waals surface area contributed by atoms with Crippen molar-refractivity contribution >= 4 is 34.0 Å². The van der Waals surface area contributed by atoms with Crippen LogP contribution in [-0.4, -0.2) is 9.13 Å². The lowest BCUT2D eigenvalue weighted by Crippen LogP contribution is -2.10. The Hall–Kier alpha value is -6.12. The zero-order chi connectivity index (χ0) is 33.0. The van der Waals surface area contributed by atoms with E-state index in [0.29, 0.717) is 0 Å². The third-order valence-corrected chi connectivity index (χ3v) is 10.8. The summed E-state index contributed by atoms with van der Waals surface area (Å²) in [7, 11) is 0. The SMILES string of the molecule is C1=C(C2=Cc3c(n(-c4cccc(-c5ccccc5)c4)c4ccccc34)CC2)CCc2c1c1ccccc1n2-c1ccc(-c2ccccc2)cc1. The van der Waals surface area contributed by atoms with Crippen molar-refractivity contribution in [3.8, 4) is 33.6 Å². The molecule has 2 nitrogen and oxygen atoms in total. The van der Waals surface area contributed by atoms with Crippen molar-refractivity contribution < 1.29 is 0 Å². The normalized spacial score (nSPS) is 13.9. The Morgan fingerprint density at radius 1 is 0.340 bits per heavy atom. The van der Waals surface area contributed by atoms with Gasteiger partial charge in [0.25, 0.3) is 0 Å². The van der Waals surface area contributed by atoms with Gasteiger partial charge in [-0.3, -0.25) is 0 Å². The van der Waals surface area contributed by atoms with Crippen LogP contribution >= 0.6 is 0 Å². The highest BCUT2D eigenvalue weighted by Crippen LogP contribution is 2.42. The van der Waals surface area contributed by atoms with E-state index in [1.165, 1.54) is 89.1 Å². The number of nitrogens with zero attached hydrogens (tertiary/aromatic N) is 2. The summed E-state index contributed by atoms with van der Waals surface area (Å²) in [5, 5.41) is 2.66. The Kier molecular flexibility index (Phi) is 6.80. The first-order valence-electron chi connectivity index (χ1n) is 17.8. The van der Waals surface area contributed by atoms with Gasteiger partial charge in [-0.25, -0.2) is 0 Å². The summed E-state index contributed by atoms with van der Waals surface area (Å²) in [5.74, 6) is 0. The molecule has 2 aliphatic carbocycles. The van der Waals surface area contributed by atoms with Gasteiger partial charge in [-0.1, -0.05) is 121 Å². The van der Waals surface area contributed by atoms with E-state index in [1.807, 2.05) is 0 Å². The number of benzene rings is 6. The van der Waals surface area contributed by atoms with Crippen molar-refractivity contribution in [1.29, 1.82) is 0 Å². The second kappa shape index (κ2) is 11.8. The maximum Gasteiger partial charge on any atom is 0.0537 e. The summed E-state index contributed by atoms with van der Waals surface area (Å²) >= 11 is 0. The van der Waals surface area contributed by atoms with Gasteiger partial charge < -0.3 is 9.13 Å². The van der Waals surface area contributed by atoms with Crippen LogP contribution < -0.4 is 0 Å². The first-order chi connectivity index (χ1) is 24.8. The predicted molar refractivity (Wildman–Crippen MR) is 210 cm³/mol. The smallest absolute Gasteiger partial charge is 0.0537 e. The van der Waals surface area contributed by atoms with Gasteiger partial charge in [0.1, 0.15) is 0 Å². The second-order valence-electron chi connectivity index (χ2n) is 13.6. The summed E-state index contributed by atoms with van der Waals surface area (Å²) < 4.78 is 5.01. The lowest BCUT2D eigenvalue weighted by Gasteiger charge is -2.23. The summed E-state index contributed by atoms with van der Waals surface area (Å²) in [6, 6.07) is 57.3. The van der Waals surface area contributed by atoms with Crippen molar-refractivity contribution in [2.24, 2.45) is 0 Å². The van der Waals surface area contributed by atoms with Crippen molar-refractivity contribution in [3.05, 3.63) is 191 Å². The Bertz CT molecular complexity index is 2610. The van der Waals surface area contributed by atoms with Crippen LogP contribution in [0.2, 0.25) is 0 Å². The Morgan fingerprint density at radius 3 is 1.38 bits per heavy atom. The van der Waals surface area contributed by atoms with Gasteiger partial charge >= 0.3 is 0 Å². The van der Waals surface area contributed by atoms with Crippen LogP contribution in [0, 0.1) is 0 Å². The van der Waals surface area contributed by atoms with Crippen LogP contribution in [-0.2, 0) is 12.8 Å². The number of allylic oxidation sites excluding steroid dienone is 2. The van der Waals surface area contributed by atoms with Crippen LogP contribution in [0.4, 0.5) is 0 Å². The highest BCUT2D eigenvalue weighted by molar-refractivity contribution is 5.97. The highest BCUT2D eigenvalue weighted by Gasteiger charge is 2.26. The number of hydrogen-bond donors (Lipinski definition) is 0. The minimum absolute atomic E-state index is 1.02. The molecule has 2 heteroatoms. The molecular weight excluding hydrogens is 605 g/mol. The van der Waals surface area contributed by atoms with Crippen molar-refractivity contribution in [2.45, 2.75) is 25.7 Å². The number of aromatic nitrogens is 2. The van der Waals surface area contributed by atoms with E-state index in [9.17, 15) is 0 Å². The fourth-order valence-corrected chi connectivity index (χ4v) is 8.43. The average Bonchev–Trinajstić information content (AvgIpc) is 3.71. The van der Waals surface area contributed by atoms with Gasteiger partial charge in [-0.15, -0.1) is 0 Å². The molecule has 2 aromatic heterocycles. The molecule has 238 valence electrons. The number of rotatable bonds is 5. The molecule has 0 radical (unpaired) electrons. The monoisotopic (exact) mass is 640 g/mol. The lowest BCUT2D eigenvalue weighted by molar-refractivity contribution is 0.818. The molecule has 0 spiro atoms. The van der Waals surface area contributed by atoms with Gasteiger partial charge in [0.05, 0.1) is 11.0 Å². The lowest BCUT2D eigenvalue weighted by atomic mass is 9.85. The van der Waals surface area contributed by atoms with E-state index in [1.54, 1.807) is 0 Å². The van der Waals surface area contributed by atoms with Crippen LogP contribution in [0.1, 0.15) is 35.4 Å². The zero-order valence-electron chi connectivity index (χ0n) is 27.9. The van der Waals surface area contributed by atoms with Crippen molar-refractivity contribution in [3.63, 3.8) is 0 Å². The largest absolute Gasteiger partial charge is 0.313 e. The van der Waals surface area contributed by atoms with Gasteiger partial charge in [0.2, 0.25) is 0 Å². The molecule has 8 aromatic rings. The average molecular weight is 641 g/mol. The topological polar surface area (TPSA) is 9.86 Å². The molecule has 0 amide bonds. The maximum atomic E-state index is 2.51. The molecule has 2 heterocycles. The van der Waals surface area contributed by atoms with Crippen LogP contribution in [0.5, 0.6) is 0 Å². The summed E-state index contributed by atoms with van der Waals surface area (Å²) in [4.78, 5) is 0. The Balaban J connectivity index is 1.06. The molecule has 0 fully saturated rings. The highest BCUT2D eigenvalue weighted by atomic mass is 15.0. The van der Waals surface area contributed by atoms with E-state index >= 15 is 0 Å². The fourth-order valence-electron chi connectivity index (χ4n) is 8.43. The van der Waals surface area contributed by atoms with E-state index < -0.39 is 0 Å². The molecular formula is C48H36N2. The van der Waals surface area contributed by atoms with Crippen LogP contribution in [0.3, 0.4) is 0 Å². The molecule has 10 rings (SSSR count). The number of fused-ring (bicyclic) bond motifs is 6. The standard InChI is InChI=1S/C48H36N2/c1-3-12-33(13-4-1)35-22-26-39(27-23-35)49-45-20-9-7-18-41(45)43-31-37(24-28-47(43)49)38-25-29-48-44(32-38)42-19-8-10-21-46(42)50(48)40-17-11-16-36(30-40)34-14-5-2-6-15-34/h1-23,26-27,30-32H,24-25,28-29H2. The third kappa shape index (κ3) is 4.71. The van der Waals surface area contributed by atoms with Gasteiger partial charge in [-0.2, -0.15) is 0 Å². The first kappa shape index (κ1) is 28.9. The Labute approximate surface area is 292 Å². The van der Waals surface area contributed by atoms with E-state index in [-0.39, 0.29) is 0 Å². The number of para-hydroxylation sites is 2. The molecule has 0 saturated heterocycles. The van der Waals surface area contributed by atoms with E-state index in [0.717, 1.165) is 25.7 Å². The summed E-state index contributed by atoms with van der Waals surface area (Å²) in [5.41, 5.74) is 18.5. The molecule has 2 aliphatic rings. The summed E-state index contributed by atoms with van der Waals surface area (Å²) in [6.07, 6.45) is 9.15. The molecule has 0 bridgehead atoms.